The average Bonchev–Trinajstić information content (AvgIpc) is 3.24. The van der Waals surface area contributed by atoms with Gasteiger partial charge in [-0.25, -0.2) is 4.98 Å². The summed E-state index contributed by atoms with van der Waals surface area (Å²) in [6.07, 6.45) is 5.52. The molecule has 0 atom stereocenters. The van der Waals surface area contributed by atoms with Crippen LogP contribution in [-0.2, 0) is 22.6 Å². The Labute approximate surface area is 189 Å². The molecular formula is C23H20ClN3O3S. The molecule has 1 N–H and O–H groups in total. The highest BCUT2D eigenvalue weighted by molar-refractivity contribution is 7.09. The van der Waals surface area contributed by atoms with Crippen LogP contribution in [0.4, 0.5) is 5.69 Å². The van der Waals surface area contributed by atoms with Crippen LogP contribution in [0.1, 0.15) is 16.3 Å². The third kappa shape index (κ3) is 6.32. The number of hydrogen-bond donors (Lipinski definition) is 1. The second-order valence-corrected chi connectivity index (χ2v) is 7.88. The number of amides is 2. The summed E-state index contributed by atoms with van der Waals surface area (Å²) in [5, 5.41) is 5.73. The van der Waals surface area contributed by atoms with Crippen LogP contribution in [0.5, 0.6) is 5.75 Å². The van der Waals surface area contributed by atoms with Gasteiger partial charge >= 0.3 is 0 Å². The molecule has 0 saturated carbocycles. The number of terminal acetylenes is 1. The van der Waals surface area contributed by atoms with E-state index >= 15 is 0 Å². The smallest absolute Gasteiger partial charge is 0.239 e. The number of halogens is 1. The van der Waals surface area contributed by atoms with Crippen LogP contribution in [0.2, 0.25) is 5.02 Å². The van der Waals surface area contributed by atoms with Crippen molar-refractivity contribution in [2.75, 3.05) is 18.5 Å². The molecule has 1 aromatic heterocycles. The van der Waals surface area contributed by atoms with Crippen molar-refractivity contribution in [3.63, 3.8) is 0 Å². The fourth-order valence-electron chi connectivity index (χ4n) is 2.73. The highest BCUT2D eigenvalue weighted by Gasteiger charge is 2.20. The molecule has 8 heteroatoms. The highest BCUT2D eigenvalue weighted by atomic mass is 35.5. The lowest BCUT2D eigenvalue weighted by molar-refractivity contribution is -0.123. The van der Waals surface area contributed by atoms with Crippen LogP contribution < -0.4 is 15.0 Å². The number of ether oxygens (including phenoxy) is 1. The van der Waals surface area contributed by atoms with E-state index in [-0.39, 0.29) is 31.4 Å². The lowest BCUT2D eigenvalue weighted by Crippen LogP contribution is -2.40. The van der Waals surface area contributed by atoms with Crippen molar-refractivity contribution >= 4 is 40.4 Å². The second kappa shape index (κ2) is 10.6. The number of aromatic nitrogens is 1. The summed E-state index contributed by atoms with van der Waals surface area (Å²) in [4.78, 5) is 30.9. The number of benzene rings is 2. The Hall–Kier alpha value is -3.34. The molecule has 0 saturated heterocycles. The molecule has 0 aliphatic heterocycles. The molecule has 0 aliphatic rings. The standard InChI is InChI=1S/C23H20ClN3O3S/c1-3-16-5-4-6-19(11-16)27(13-21(28)25-2)23(29)12-18-15-31-22(26-18)14-30-20-9-7-17(24)8-10-20/h1,4-11,15H,12-14H2,2H3,(H,25,28). The van der Waals surface area contributed by atoms with E-state index in [0.717, 1.165) is 5.01 Å². The number of nitrogens with zero attached hydrogens (tertiary/aromatic N) is 2. The van der Waals surface area contributed by atoms with Gasteiger partial charge in [0.05, 0.1) is 12.1 Å². The third-order valence-corrected chi connectivity index (χ3v) is 5.44. The van der Waals surface area contributed by atoms with Gasteiger partial charge in [-0.05, 0) is 42.5 Å². The molecule has 0 bridgehead atoms. The van der Waals surface area contributed by atoms with Gasteiger partial charge in [0.25, 0.3) is 0 Å². The maximum absolute atomic E-state index is 13.0. The first-order valence-electron chi connectivity index (χ1n) is 9.37. The van der Waals surface area contributed by atoms with Crippen molar-refractivity contribution in [1.82, 2.24) is 10.3 Å². The molecule has 3 rings (SSSR count). The van der Waals surface area contributed by atoms with Gasteiger partial charge in [-0.2, -0.15) is 0 Å². The number of rotatable bonds is 8. The topological polar surface area (TPSA) is 71.5 Å². The first-order chi connectivity index (χ1) is 15.0. The number of nitrogens with one attached hydrogen (secondary N) is 1. The van der Waals surface area contributed by atoms with E-state index in [1.807, 2.05) is 5.38 Å². The molecule has 1 heterocycles. The van der Waals surface area contributed by atoms with Crippen LogP contribution in [0, 0.1) is 12.3 Å². The monoisotopic (exact) mass is 453 g/mol. The lowest BCUT2D eigenvalue weighted by atomic mass is 10.1. The number of carbonyl (C=O) groups excluding carboxylic acids is 2. The minimum Gasteiger partial charge on any atom is -0.486 e. The average molecular weight is 454 g/mol. The van der Waals surface area contributed by atoms with Gasteiger partial charge in [0.2, 0.25) is 11.8 Å². The fraction of sp³-hybridized carbons (Fsp3) is 0.174. The Morgan fingerprint density at radius 3 is 2.74 bits per heavy atom. The maximum Gasteiger partial charge on any atom is 0.239 e. The first-order valence-corrected chi connectivity index (χ1v) is 10.6. The van der Waals surface area contributed by atoms with Gasteiger partial charge in [-0.15, -0.1) is 17.8 Å². The van der Waals surface area contributed by atoms with Crippen molar-refractivity contribution < 1.29 is 14.3 Å². The van der Waals surface area contributed by atoms with Gasteiger partial charge in [0.1, 0.15) is 23.9 Å². The molecule has 31 heavy (non-hydrogen) atoms. The van der Waals surface area contributed by atoms with Gasteiger partial charge in [0, 0.05) is 28.7 Å². The SMILES string of the molecule is C#Cc1cccc(N(CC(=O)NC)C(=O)Cc2csc(COc3ccc(Cl)cc3)n2)c1. The predicted molar refractivity (Wildman–Crippen MR) is 122 cm³/mol. The van der Waals surface area contributed by atoms with E-state index in [1.165, 1.54) is 23.3 Å². The third-order valence-electron chi connectivity index (χ3n) is 4.31. The molecule has 158 valence electrons. The Kier molecular flexibility index (Phi) is 7.65. The van der Waals surface area contributed by atoms with Crippen LogP contribution in [0.3, 0.4) is 0 Å². The van der Waals surface area contributed by atoms with Crippen molar-refractivity contribution in [2.24, 2.45) is 0 Å². The first kappa shape index (κ1) is 22.3. The molecule has 2 amide bonds. The summed E-state index contributed by atoms with van der Waals surface area (Å²) < 4.78 is 5.70. The normalized spacial score (nSPS) is 10.2. The zero-order valence-electron chi connectivity index (χ0n) is 16.8. The summed E-state index contributed by atoms with van der Waals surface area (Å²) in [6.45, 7) is 0.173. The van der Waals surface area contributed by atoms with Crippen LogP contribution in [0.15, 0.2) is 53.9 Å². The van der Waals surface area contributed by atoms with E-state index in [1.54, 1.807) is 48.5 Å². The maximum atomic E-state index is 13.0. The van der Waals surface area contributed by atoms with E-state index in [9.17, 15) is 9.59 Å². The van der Waals surface area contributed by atoms with E-state index in [0.29, 0.717) is 27.7 Å². The van der Waals surface area contributed by atoms with Gasteiger partial charge in [-0.3, -0.25) is 9.59 Å². The predicted octanol–water partition coefficient (Wildman–Crippen LogP) is 3.68. The molecule has 2 aromatic carbocycles. The highest BCUT2D eigenvalue weighted by Crippen LogP contribution is 2.20. The lowest BCUT2D eigenvalue weighted by Gasteiger charge is -2.22. The number of thiazole rings is 1. The molecule has 0 spiro atoms. The molecule has 0 fully saturated rings. The Morgan fingerprint density at radius 1 is 1.26 bits per heavy atom. The Balaban J connectivity index is 1.69. The molecular weight excluding hydrogens is 434 g/mol. The summed E-state index contributed by atoms with van der Waals surface area (Å²) in [5.74, 6) is 2.69. The van der Waals surface area contributed by atoms with Crippen LogP contribution >= 0.6 is 22.9 Å². The van der Waals surface area contributed by atoms with Crippen LogP contribution in [-0.4, -0.2) is 30.4 Å². The zero-order chi connectivity index (χ0) is 22.2. The number of hydrogen-bond acceptors (Lipinski definition) is 5. The molecule has 0 aliphatic carbocycles. The van der Waals surface area contributed by atoms with Gasteiger partial charge in [-0.1, -0.05) is 23.6 Å². The quantitative estimate of drug-likeness (QED) is 0.528. The zero-order valence-corrected chi connectivity index (χ0v) is 18.4. The number of likely N-dealkylation sites (N-methyl/N-ethyl adjacent to an activating group) is 1. The number of anilines is 1. The summed E-state index contributed by atoms with van der Waals surface area (Å²) in [6, 6.07) is 14.0. The summed E-state index contributed by atoms with van der Waals surface area (Å²) >= 11 is 7.28. The van der Waals surface area contributed by atoms with Crippen molar-refractivity contribution in [3.05, 3.63) is 75.2 Å². The number of carbonyl (C=O) groups is 2. The molecule has 0 unspecified atom stereocenters. The second-order valence-electron chi connectivity index (χ2n) is 6.50. The minimum absolute atomic E-state index is 0.0503. The van der Waals surface area contributed by atoms with Crippen molar-refractivity contribution in [1.29, 1.82) is 0 Å². The Morgan fingerprint density at radius 2 is 2.03 bits per heavy atom. The van der Waals surface area contributed by atoms with E-state index in [4.69, 9.17) is 22.8 Å². The Bertz CT molecular complexity index is 1110. The van der Waals surface area contributed by atoms with Crippen molar-refractivity contribution in [3.8, 4) is 18.1 Å². The van der Waals surface area contributed by atoms with E-state index < -0.39 is 0 Å². The molecule has 6 nitrogen and oxygen atoms in total. The van der Waals surface area contributed by atoms with Gasteiger partial charge in [0.15, 0.2) is 0 Å². The minimum atomic E-state index is -0.283. The van der Waals surface area contributed by atoms with Crippen LogP contribution in [0.25, 0.3) is 0 Å². The van der Waals surface area contributed by atoms with Crippen molar-refractivity contribution in [2.45, 2.75) is 13.0 Å². The van der Waals surface area contributed by atoms with E-state index in [2.05, 4.69) is 16.2 Å². The molecule has 0 radical (unpaired) electrons. The molecule has 3 aromatic rings. The fourth-order valence-corrected chi connectivity index (χ4v) is 3.56. The largest absolute Gasteiger partial charge is 0.486 e. The van der Waals surface area contributed by atoms with Gasteiger partial charge < -0.3 is 15.0 Å². The summed E-state index contributed by atoms with van der Waals surface area (Å²) in [5.41, 5.74) is 1.80. The summed E-state index contributed by atoms with van der Waals surface area (Å²) in [7, 11) is 1.52.